The number of hydrogen-bond acceptors (Lipinski definition) is 4. The minimum Gasteiger partial charge on any atom is -0.393 e. The van der Waals surface area contributed by atoms with Gasteiger partial charge in [0.1, 0.15) is 10.5 Å². The van der Waals surface area contributed by atoms with Crippen LogP contribution in [-0.4, -0.2) is 47.0 Å². The quantitative estimate of drug-likeness (QED) is 0.896. The normalized spacial score (nSPS) is 19.9. The summed E-state index contributed by atoms with van der Waals surface area (Å²) >= 11 is 0. The van der Waals surface area contributed by atoms with E-state index in [0.29, 0.717) is 37.0 Å². The first kappa shape index (κ1) is 14.5. The minimum absolute atomic E-state index is 0.182. The van der Waals surface area contributed by atoms with Gasteiger partial charge in [0, 0.05) is 30.9 Å². The summed E-state index contributed by atoms with van der Waals surface area (Å²) in [4.78, 5) is 7.31. The van der Waals surface area contributed by atoms with Gasteiger partial charge in [-0.25, -0.2) is 13.4 Å². The second kappa shape index (κ2) is 5.40. The number of aliphatic hydroxyl groups excluding tert-OH is 1. The molecule has 1 aliphatic heterocycles. The lowest BCUT2D eigenvalue weighted by Crippen LogP contribution is -2.40. The molecule has 0 spiro atoms. The van der Waals surface area contributed by atoms with Gasteiger partial charge in [0.25, 0.3) is 0 Å². The van der Waals surface area contributed by atoms with E-state index in [-0.39, 0.29) is 16.9 Å². The Morgan fingerprint density at radius 1 is 1.43 bits per heavy atom. The molecule has 0 aromatic carbocycles. The van der Waals surface area contributed by atoms with Crippen LogP contribution in [0.4, 0.5) is 0 Å². The fourth-order valence-electron chi connectivity index (χ4n) is 2.88. The minimum atomic E-state index is -3.51. The van der Waals surface area contributed by atoms with Crippen molar-refractivity contribution in [1.82, 2.24) is 14.3 Å². The maximum atomic E-state index is 12.8. The molecule has 0 saturated carbocycles. The molecule has 1 unspecified atom stereocenters. The molecule has 6 nitrogen and oxygen atoms in total. The monoisotopic (exact) mass is 309 g/mol. The average Bonchev–Trinajstić information content (AvgIpc) is 2.92. The first-order valence-electron chi connectivity index (χ1n) is 7.10. The lowest BCUT2D eigenvalue weighted by molar-refractivity contribution is 0.0912. The molecule has 2 aromatic rings. The molecule has 114 valence electrons. The molecule has 2 N–H and O–H groups in total. The largest absolute Gasteiger partial charge is 0.393 e. The van der Waals surface area contributed by atoms with Crippen molar-refractivity contribution in [3.63, 3.8) is 0 Å². The number of sulfonamides is 1. The molecule has 0 radical (unpaired) electrons. The maximum absolute atomic E-state index is 12.8. The molecule has 3 heterocycles. The Balaban J connectivity index is 1.88. The molecule has 21 heavy (non-hydrogen) atoms. The first-order chi connectivity index (χ1) is 10.00. The second-order valence-electron chi connectivity index (χ2n) is 5.53. The fraction of sp³-hybridized carbons (Fsp3) is 0.500. The van der Waals surface area contributed by atoms with Crippen molar-refractivity contribution in [2.24, 2.45) is 5.92 Å². The highest BCUT2D eigenvalue weighted by atomic mass is 32.2. The van der Waals surface area contributed by atoms with Crippen molar-refractivity contribution in [3.05, 3.63) is 24.5 Å². The van der Waals surface area contributed by atoms with Crippen molar-refractivity contribution < 1.29 is 13.5 Å². The Bertz CT molecular complexity index is 731. The first-order valence-corrected chi connectivity index (χ1v) is 8.54. The van der Waals surface area contributed by atoms with E-state index in [1.165, 1.54) is 10.5 Å². The van der Waals surface area contributed by atoms with E-state index < -0.39 is 10.0 Å². The average molecular weight is 309 g/mol. The standard InChI is InChI=1S/C14H19N3O3S/c1-10(18)11-4-7-17(8-5-11)21(19,20)13-9-16-14-12(13)3-2-6-15-14/h2-3,6,9-11,18H,4-5,7-8H2,1H3,(H,15,16). The highest BCUT2D eigenvalue weighted by molar-refractivity contribution is 7.89. The lowest BCUT2D eigenvalue weighted by atomic mass is 9.93. The number of hydrogen-bond donors (Lipinski definition) is 2. The third kappa shape index (κ3) is 2.56. The number of nitrogens with zero attached hydrogens (tertiary/aromatic N) is 2. The predicted molar refractivity (Wildman–Crippen MR) is 79.3 cm³/mol. The van der Waals surface area contributed by atoms with Gasteiger partial charge < -0.3 is 10.1 Å². The molecule has 1 saturated heterocycles. The Morgan fingerprint density at radius 3 is 2.81 bits per heavy atom. The maximum Gasteiger partial charge on any atom is 0.245 e. The molecular weight excluding hydrogens is 290 g/mol. The molecular formula is C14H19N3O3S. The van der Waals surface area contributed by atoms with Crippen LogP contribution in [0.1, 0.15) is 19.8 Å². The zero-order chi connectivity index (χ0) is 15.0. The SMILES string of the molecule is CC(O)C1CCN(S(=O)(=O)c2c[nH]c3ncccc23)CC1. The topological polar surface area (TPSA) is 86.3 Å². The number of piperidine rings is 1. The number of aromatic nitrogens is 2. The molecule has 0 amide bonds. The van der Waals surface area contributed by atoms with E-state index in [1.54, 1.807) is 25.3 Å². The van der Waals surface area contributed by atoms with Crippen molar-refractivity contribution >= 4 is 21.1 Å². The zero-order valence-electron chi connectivity index (χ0n) is 11.9. The van der Waals surface area contributed by atoms with Crippen LogP contribution in [0.5, 0.6) is 0 Å². The number of rotatable bonds is 3. The third-order valence-corrected chi connectivity index (χ3v) is 6.15. The van der Waals surface area contributed by atoms with Crippen LogP contribution in [-0.2, 0) is 10.0 Å². The summed E-state index contributed by atoms with van der Waals surface area (Å²) < 4.78 is 27.0. The van der Waals surface area contributed by atoms with Gasteiger partial charge in [0.05, 0.1) is 6.10 Å². The van der Waals surface area contributed by atoms with Crippen molar-refractivity contribution in [1.29, 1.82) is 0 Å². The highest BCUT2D eigenvalue weighted by Crippen LogP contribution is 2.28. The Kier molecular flexibility index (Phi) is 3.73. The number of pyridine rings is 1. The van der Waals surface area contributed by atoms with Crippen molar-refractivity contribution in [2.45, 2.75) is 30.8 Å². The van der Waals surface area contributed by atoms with E-state index in [4.69, 9.17) is 0 Å². The summed E-state index contributed by atoms with van der Waals surface area (Å²) in [6.45, 7) is 2.66. The van der Waals surface area contributed by atoms with Crippen LogP contribution < -0.4 is 0 Å². The number of aliphatic hydroxyl groups is 1. The highest BCUT2D eigenvalue weighted by Gasteiger charge is 2.32. The van der Waals surface area contributed by atoms with Gasteiger partial charge >= 0.3 is 0 Å². The van der Waals surface area contributed by atoms with Crippen LogP contribution in [0.25, 0.3) is 11.0 Å². The van der Waals surface area contributed by atoms with Crippen LogP contribution in [0.15, 0.2) is 29.4 Å². The zero-order valence-corrected chi connectivity index (χ0v) is 12.7. The molecule has 1 aliphatic rings. The van der Waals surface area contributed by atoms with Gasteiger partial charge in [0.15, 0.2) is 0 Å². The van der Waals surface area contributed by atoms with Gasteiger partial charge in [-0.1, -0.05) is 0 Å². The van der Waals surface area contributed by atoms with E-state index in [1.807, 2.05) is 0 Å². The van der Waals surface area contributed by atoms with Gasteiger partial charge in [0.2, 0.25) is 10.0 Å². The summed E-state index contributed by atoms with van der Waals surface area (Å²) in [5, 5.41) is 10.2. The molecule has 2 aromatic heterocycles. The smallest absolute Gasteiger partial charge is 0.245 e. The Morgan fingerprint density at radius 2 is 2.14 bits per heavy atom. The third-order valence-electron chi connectivity index (χ3n) is 4.21. The van der Waals surface area contributed by atoms with E-state index in [2.05, 4.69) is 9.97 Å². The molecule has 7 heteroatoms. The van der Waals surface area contributed by atoms with Gasteiger partial charge in [-0.15, -0.1) is 0 Å². The number of nitrogens with one attached hydrogen (secondary N) is 1. The van der Waals surface area contributed by atoms with Crippen LogP contribution in [0.3, 0.4) is 0 Å². The number of H-pyrrole nitrogens is 1. The van der Waals surface area contributed by atoms with Crippen LogP contribution in [0, 0.1) is 5.92 Å². The molecule has 0 bridgehead atoms. The summed E-state index contributed by atoms with van der Waals surface area (Å²) in [5.41, 5.74) is 0.579. The number of fused-ring (bicyclic) bond motifs is 1. The second-order valence-corrected chi connectivity index (χ2v) is 7.44. The Labute approximate surface area is 123 Å². The molecule has 1 atom stereocenters. The lowest BCUT2D eigenvalue weighted by Gasteiger charge is -2.32. The van der Waals surface area contributed by atoms with Gasteiger partial charge in [-0.05, 0) is 37.8 Å². The predicted octanol–water partition coefficient (Wildman–Crippen LogP) is 1.34. The van der Waals surface area contributed by atoms with E-state index in [0.717, 1.165) is 0 Å². The summed E-state index contributed by atoms with van der Waals surface area (Å²) in [5.74, 6) is 0.182. The fourth-order valence-corrected chi connectivity index (χ4v) is 4.50. The van der Waals surface area contributed by atoms with E-state index >= 15 is 0 Å². The van der Waals surface area contributed by atoms with Crippen LogP contribution in [0.2, 0.25) is 0 Å². The Hall–Kier alpha value is -1.44. The summed E-state index contributed by atoms with van der Waals surface area (Å²) in [6.07, 6.45) is 4.14. The van der Waals surface area contributed by atoms with Gasteiger partial charge in [-0.3, -0.25) is 0 Å². The molecule has 0 aliphatic carbocycles. The summed E-state index contributed by atoms with van der Waals surface area (Å²) in [7, 11) is -3.51. The summed E-state index contributed by atoms with van der Waals surface area (Å²) in [6, 6.07) is 3.49. The molecule has 3 rings (SSSR count). The van der Waals surface area contributed by atoms with Crippen molar-refractivity contribution in [2.75, 3.05) is 13.1 Å². The van der Waals surface area contributed by atoms with Gasteiger partial charge in [-0.2, -0.15) is 4.31 Å². The van der Waals surface area contributed by atoms with Crippen molar-refractivity contribution in [3.8, 4) is 0 Å². The molecule has 1 fully saturated rings. The number of aromatic amines is 1. The van der Waals surface area contributed by atoms with Crippen LogP contribution >= 0.6 is 0 Å². The van der Waals surface area contributed by atoms with E-state index in [9.17, 15) is 13.5 Å².